The van der Waals surface area contributed by atoms with Crippen LogP contribution in [0, 0.1) is 27.9 Å². The lowest BCUT2D eigenvalue weighted by Gasteiger charge is -2.16. The average molecular weight is 309 g/mol. The standard InChI is InChI=1S/C15H17ClN2O3/c16-14-11(2-1-3-13(14)18(20)21)15(19)17-8-12(9-4-5-9)10-6-7-10/h1-3,9-10,12H,4-8H2,(H,17,19). The minimum absolute atomic E-state index is 0.0885. The fourth-order valence-electron chi connectivity index (χ4n) is 2.91. The number of carbonyl (C=O) groups excluding carboxylic acids is 1. The molecule has 1 aromatic carbocycles. The van der Waals surface area contributed by atoms with E-state index < -0.39 is 4.92 Å². The molecule has 3 rings (SSSR count). The second-order valence-corrected chi connectivity index (χ2v) is 6.32. The van der Waals surface area contributed by atoms with E-state index in [0.29, 0.717) is 12.5 Å². The van der Waals surface area contributed by atoms with Gasteiger partial charge in [-0.3, -0.25) is 14.9 Å². The highest BCUT2D eigenvalue weighted by Gasteiger charge is 2.41. The maximum absolute atomic E-state index is 12.2. The molecular formula is C15H17ClN2O3. The molecular weight excluding hydrogens is 292 g/mol. The van der Waals surface area contributed by atoms with E-state index in [1.807, 2.05) is 0 Å². The average Bonchev–Trinajstić information content (AvgIpc) is 3.32. The molecule has 21 heavy (non-hydrogen) atoms. The van der Waals surface area contributed by atoms with Gasteiger partial charge in [-0.25, -0.2) is 0 Å². The summed E-state index contributed by atoms with van der Waals surface area (Å²) in [5.41, 5.74) is -0.0542. The normalized spacial score (nSPS) is 17.8. The molecule has 2 aliphatic rings. The summed E-state index contributed by atoms with van der Waals surface area (Å²) >= 11 is 5.96. The second-order valence-electron chi connectivity index (χ2n) is 5.94. The molecule has 112 valence electrons. The summed E-state index contributed by atoms with van der Waals surface area (Å²) in [5.74, 6) is 1.73. The Kier molecular flexibility index (Phi) is 3.85. The fraction of sp³-hybridized carbons (Fsp3) is 0.533. The zero-order chi connectivity index (χ0) is 15.0. The van der Waals surface area contributed by atoms with Gasteiger partial charge in [-0.05, 0) is 49.5 Å². The van der Waals surface area contributed by atoms with E-state index in [4.69, 9.17) is 11.6 Å². The van der Waals surface area contributed by atoms with Crippen LogP contribution in [0.25, 0.3) is 0 Å². The van der Waals surface area contributed by atoms with Crippen molar-refractivity contribution >= 4 is 23.2 Å². The Bertz CT molecular complexity index is 570. The molecule has 1 aromatic rings. The predicted octanol–water partition coefficient (Wildman–Crippen LogP) is 3.41. The Morgan fingerprint density at radius 2 is 1.95 bits per heavy atom. The van der Waals surface area contributed by atoms with Gasteiger partial charge in [0.05, 0.1) is 10.5 Å². The number of halogens is 1. The highest BCUT2D eigenvalue weighted by atomic mass is 35.5. The van der Waals surface area contributed by atoms with Crippen LogP contribution in [0.4, 0.5) is 5.69 Å². The first kappa shape index (κ1) is 14.3. The molecule has 2 saturated carbocycles. The number of amides is 1. The number of carbonyl (C=O) groups is 1. The fourth-order valence-corrected chi connectivity index (χ4v) is 3.19. The van der Waals surface area contributed by atoms with Crippen molar-refractivity contribution in [3.05, 3.63) is 38.9 Å². The molecule has 0 aliphatic heterocycles. The third kappa shape index (κ3) is 3.18. The van der Waals surface area contributed by atoms with Crippen LogP contribution in [0.3, 0.4) is 0 Å². The number of nitrogens with one attached hydrogen (secondary N) is 1. The van der Waals surface area contributed by atoms with Gasteiger partial charge in [0.1, 0.15) is 5.02 Å². The minimum atomic E-state index is -0.573. The summed E-state index contributed by atoms with van der Waals surface area (Å²) in [4.78, 5) is 22.5. The number of hydrogen-bond donors (Lipinski definition) is 1. The topological polar surface area (TPSA) is 72.2 Å². The number of nitro benzene ring substituents is 1. The summed E-state index contributed by atoms with van der Waals surface area (Å²) in [6.45, 7) is 0.646. The molecule has 0 spiro atoms. The van der Waals surface area contributed by atoms with E-state index in [1.54, 1.807) is 0 Å². The molecule has 5 nitrogen and oxygen atoms in total. The van der Waals surface area contributed by atoms with Gasteiger partial charge in [0.2, 0.25) is 0 Å². The Labute approximate surface area is 127 Å². The molecule has 0 saturated heterocycles. The maximum Gasteiger partial charge on any atom is 0.288 e. The third-order valence-corrected chi connectivity index (χ3v) is 4.77. The molecule has 0 radical (unpaired) electrons. The number of nitro groups is 1. The van der Waals surface area contributed by atoms with Gasteiger partial charge in [-0.1, -0.05) is 17.7 Å². The summed E-state index contributed by atoms with van der Waals surface area (Å²) in [5, 5.41) is 13.7. The van der Waals surface area contributed by atoms with E-state index in [9.17, 15) is 14.9 Å². The second kappa shape index (κ2) is 5.64. The first-order valence-electron chi connectivity index (χ1n) is 7.29. The van der Waals surface area contributed by atoms with E-state index in [0.717, 1.165) is 11.8 Å². The third-order valence-electron chi connectivity index (χ3n) is 4.37. The summed E-state index contributed by atoms with van der Waals surface area (Å²) in [7, 11) is 0. The van der Waals surface area contributed by atoms with Crippen molar-refractivity contribution in [2.45, 2.75) is 25.7 Å². The highest BCUT2D eigenvalue weighted by Crippen LogP contribution is 2.48. The van der Waals surface area contributed by atoms with Crippen molar-refractivity contribution in [1.82, 2.24) is 5.32 Å². The monoisotopic (exact) mass is 308 g/mol. The van der Waals surface area contributed by atoms with Gasteiger partial charge >= 0.3 is 0 Å². The van der Waals surface area contributed by atoms with Gasteiger partial charge in [-0.15, -0.1) is 0 Å². The van der Waals surface area contributed by atoms with Crippen LogP contribution >= 0.6 is 11.6 Å². The molecule has 2 fully saturated rings. The van der Waals surface area contributed by atoms with Crippen LogP contribution in [0.2, 0.25) is 5.02 Å². The van der Waals surface area contributed by atoms with Crippen LogP contribution in [0.15, 0.2) is 18.2 Å². The largest absolute Gasteiger partial charge is 0.352 e. The van der Waals surface area contributed by atoms with Crippen molar-refractivity contribution < 1.29 is 9.72 Å². The highest BCUT2D eigenvalue weighted by molar-refractivity contribution is 6.35. The lowest BCUT2D eigenvalue weighted by Crippen LogP contribution is -2.31. The molecule has 6 heteroatoms. The van der Waals surface area contributed by atoms with Crippen molar-refractivity contribution in [3.8, 4) is 0 Å². The van der Waals surface area contributed by atoms with Crippen molar-refractivity contribution in [1.29, 1.82) is 0 Å². The van der Waals surface area contributed by atoms with Crippen LogP contribution in [-0.2, 0) is 0 Å². The molecule has 2 aliphatic carbocycles. The smallest absolute Gasteiger partial charge is 0.288 e. The number of benzene rings is 1. The first-order chi connectivity index (χ1) is 10.1. The van der Waals surface area contributed by atoms with Gasteiger partial charge in [0.15, 0.2) is 0 Å². The van der Waals surface area contributed by atoms with Crippen molar-refractivity contribution in [2.24, 2.45) is 17.8 Å². The minimum Gasteiger partial charge on any atom is -0.352 e. The SMILES string of the molecule is O=C(NCC(C1CC1)C1CC1)c1cccc([N+](=O)[O-])c1Cl. The van der Waals surface area contributed by atoms with Gasteiger partial charge < -0.3 is 5.32 Å². The van der Waals surface area contributed by atoms with Crippen LogP contribution in [-0.4, -0.2) is 17.4 Å². The molecule has 0 bridgehead atoms. The number of nitrogens with zero attached hydrogens (tertiary/aromatic N) is 1. The Balaban J connectivity index is 1.67. The van der Waals surface area contributed by atoms with Crippen LogP contribution in [0.1, 0.15) is 36.0 Å². The molecule has 0 atom stereocenters. The lowest BCUT2D eigenvalue weighted by molar-refractivity contribution is -0.384. The van der Waals surface area contributed by atoms with Gasteiger partial charge in [0.25, 0.3) is 11.6 Å². The molecule has 1 amide bonds. The Morgan fingerprint density at radius 1 is 1.33 bits per heavy atom. The summed E-state index contributed by atoms with van der Waals surface area (Å²) in [6, 6.07) is 4.31. The van der Waals surface area contributed by atoms with E-state index in [-0.39, 0.29) is 22.2 Å². The lowest BCUT2D eigenvalue weighted by atomic mass is 9.98. The summed E-state index contributed by atoms with van der Waals surface area (Å²) in [6.07, 6.45) is 5.03. The first-order valence-corrected chi connectivity index (χ1v) is 7.67. The number of hydrogen-bond acceptors (Lipinski definition) is 3. The van der Waals surface area contributed by atoms with Gasteiger partial charge in [-0.2, -0.15) is 0 Å². The van der Waals surface area contributed by atoms with E-state index >= 15 is 0 Å². The quantitative estimate of drug-likeness (QED) is 0.646. The Morgan fingerprint density at radius 3 is 2.48 bits per heavy atom. The van der Waals surface area contributed by atoms with Crippen LogP contribution < -0.4 is 5.32 Å². The van der Waals surface area contributed by atoms with E-state index in [2.05, 4.69) is 5.32 Å². The summed E-state index contributed by atoms with van der Waals surface area (Å²) < 4.78 is 0. The molecule has 0 heterocycles. The zero-order valence-corrected chi connectivity index (χ0v) is 12.3. The van der Waals surface area contributed by atoms with Crippen molar-refractivity contribution in [3.63, 3.8) is 0 Å². The predicted molar refractivity (Wildman–Crippen MR) is 79.4 cm³/mol. The molecule has 0 unspecified atom stereocenters. The molecule has 1 N–H and O–H groups in total. The van der Waals surface area contributed by atoms with Gasteiger partial charge in [0, 0.05) is 12.6 Å². The number of rotatable bonds is 6. The van der Waals surface area contributed by atoms with E-state index in [1.165, 1.54) is 43.9 Å². The van der Waals surface area contributed by atoms with Crippen LogP contribution in [0.5, 0.6) is 0 Å². The molecule has 0 aromatic heterocycles. The van der Waals surface area contributed by atoms with Crippen molar-refractivity contribution in [2.75, 3.05) is 6.54 Å². The maximum atomic E-state index is 12.2. The Hall–Kier alpha value is -1.62. The zero-order valence-electron chi connectivity index (χ0n) is 11.5.